The lowest BCUT2D eigenvalue weighted by atomic mass is 9.75. The third-order valence-corrected chi connectivity index (χ3v) is 4.09. The molecule has 0 amide bonds. The van der Waals surface area contributed by atoms with Crippen LogP contribution in [0.2, 0.25) is 0 Å². The van der Waals surface area contributed by atoms with Crippen LogP contribution in [0, 0.1) is 0 Å². The molecule has 1 saturated carbocycles. The lowest BCUT2D eigenvalue weighted by molar-refractivity contribution is -0.279. The number of hydrogen-bond acceptors (Lipinski definition) is 5. The zero-order valence-corrected chi connectivity index (χ0v) is 9.96. The van der Waals surface area contributed by atoms with E-state index in [0.717, 1.165) is 25.7 Å². The van der Waals surface area contributed by atoms with Crippen molar-refractivity contribution in [3.63, 3.8) is 0 Å². The first-order valence-corrected chi connectivity index (χ1v) is 6.44. The van der Waals surface area contributed by atoms with Crippen molar-refractivity contribution in [3.8, 4) is 0 Å². The van der Waals surface area contributed by atoms with Crippen molar-refractivity contribution >= 4 is 0 Å². The van der Waals surface area contributed by atoms with Crippen molar-refractivity contribution in [2.24, 2.45) is 0 Å². The fourth-order valence-corrected chi connectivity index (χ4v) is 2.97. The molecule has 0 aromatic carbocycles. The van der Waals surface area contributed by atoms with Crippen LogP contribution in [0.1, 0.15) is 38.5 Å². The maximum absolute atomic E-state index is 10.5. The van der Waals surface area contributed by atoms with Crippen LogP contribution in [-0.2, 0) is 4.74 Å². The molecular formula is C12H22O5. The number of ether oxygens (including phenoxy) is 1. The highest BCUT2D eigenvalue weighted by atomic mass is 16.5. The van der Waals surface area contributed by atoms with Gasteiger partial charge >= 0.3 is 0 Å². The first-order valence-electron chi connectivity index (χ1n) is 6.44. The molecule has 0 aromatic rings. The van der Waals surface area contributed by atoms with Crippen LogP contribution >= 0.6 is 0 Å². The summed E-state index contributed by atoms with van der Waals surface area (Å²) < 4.78 is 5.55. The van der Waals surface area contributed by atoms with Gasteiger partial charge in [0.05, 0.1) is 12.7 Å². The Bertz CT molecular complexity index is 259. The smallest absolute Gasteiger partial charge is 0.119 e. The second kappa shape index (κ2) is 5.20. The second-order valence-corrected chi connectivity index (χ2v) is 5.23. The van der Waals surface area contributed by atoms with Crippen molar-refractivity contribution in [2.45, 2.75) is 68.5 Å². The summed E-state index contributed by atoms with van der Waals surface area (Å²) in [6.45, 7) is -0.342. The number of aliphatic hydroxyl groups is 4. The number of aliphatic hydroxyl groups excluding tert-OH is 3. The monoisotopic (exact) mass is 246 g/mol. The zero-order chi connectivity index (χ0) is 12.5. The Morgan fingerprint density at radius 3 is 2.53 bits per heavy atom. The normalized spacial score (nSPS) is 48.0. The van der Waals surface area contributed by atoms with E-state index in [1.807, 2.05) is 0 Å². The van der Waals surface area contributed by atoms with Gasteiger partial charge in [0, 0.05) is 0 Å². The molecule has 4 N–H and O–H groups in total. The minimum atomic E-state index is -1.37. The van der Waals surface area contributed by atoms with Crippen LogP contribution in [-0.4, -0.2) is 57.0 Å². The second-order valence-electron chi connectivity index (χ2n) is 5.23. The van der Waals surface area contributed by atoms with E-state index in [-0.39, 0.29) is 6.61 Å². The highest BCUT2D eigenvalue weighted by Crippen LogP contribution is 2.37. The minimum absolute atomic E-state index is 0.342. The quantitative estimate of drug-likeness (QED) is 0.503. The van der Waals surface area contributed by atoms with Crippen LogP contribution in [0.25, 0.3) is 0 Å². The molecule has 5 atom stereocenters. The Kier molecular flexibility index (Phi) is 4.05. The number of hydrogen-bond donors (Lipinski definition) is 4. The summed E-state index contributed by atoms with van der Waals surface area (Å²) >= 11 is 0. The number of rotatable bonds is 1. The predicted molar refractivity (Wildman–Crippen MR) is 60.4 cm³/mol. The van der Waals surface area contributed by atoms with Gasteiger partial charge in [0.15, 0.2) is 0 Å². The highest BCUT2D eigenvalue weighted by molar-refractivity contribution is 5.03. The van der Waals surface area contributed by atoms with Gasteiger partial charge in [-0.05, 0) is 12.8 Å². The van der Waals surface area contributed by atoms with Gasteiger partial charge in [-0.25, -0.2) is 0 Å². The number of fused-ring (bicyclic) bond motifs is 1. The van der Waals surface area contributed by atoms with Crippen molar-refractivity contribution in [3.05, 3.63) is 0 Å². The summed E-state index contributed by atoms with van der Waals surface area (Å²) in [6.07, 6.45) is 1.24. The van der Waals surface area contributed by atoms with Gasteiger partial charge in [-0.2, -0.15) is 0 Å². The van der Waals surface area contributed by atoms with Crippen LogP contribution in [0.3, 0.4) is 0 Å². The molecule has 1 heterocycles. The summed E-state index contributed by atoms with van der Waals surface area (Å²) in [4.78, 5) is 0. The topological polar surface area (TPSA) is 90.2 Å². The summed E-state index contributed by atoms with van der Waals surface area (Å²) in [6, 6.07) is 0. The molecule has 100 valence electrons. The van der Waals surface area contributed by atoms with E-state index in [9.17, 15) is 15.3 Å². The Morgan fingerprint density at radius 2 is 1.82 bits per heavy atom. The molecule has 0 bridgehead atoms. The molecular weight excluding hydrogens is 224 g/mol. The van der Waals surface area contributed by atoms with Gasteiger partial charge < -0.3 is 25.2 Å². The molecule has 1 unspecified atom stereocenters. The molecule has 2 fully saturated rings. The lowest BCUT2D eigenvalue weighted by Crippen LogP contribution is -2.66. The van der Waals surface area contributed by atoms with E-state index >= 15 is 0 Å². The van der Waals surface area contributed by atoms with Gasteiger partial charge in [0.2, 0.25) is 0 Å². The Hall–Kier alpha value is -0.200. The molecule has 0 radical (unpaired) electrons. The van der Waals surface area contributed by atoms with Crippen molar-refractivity contribution < 1.29 is 25.2 Å². The summed E-state index contributed by atoms with van der Waals surface area (Å²) in [5, 5.41) is 39.5. The molecule has 5 heteroatoms. The average Bonchev–Trinajstić information content (AvgIpc) is 2.31. The molecule has 0 spiro atoms. The van der Waals surface area contributed by atoms with Crippen LogP contribution < -0.4 is 0 Å². The van der Waals surface area contributed by atoms with Gasteiger partial charge in [-0.15, -0.1) is 0 Å². The molecule has 17 heavy (non-hydrogen) atoms. The highest BCUT2D eigenvalue weighted by Gasteiger charge is 2.53. The molecule has 2 rings (SSSR count). The molecule has 1 aliphatic heterocycles. The molecule has 1 aliphatic carbocycles. The van der Waals surface area contributed by atoms with Crippen LogP contribution in [0.4, 0.5) is 0 Å². The van der Waals surface area contributed by atoms with Gasteiger partial charge in [0.25, 0.3) is 0 Å². The van der Waals surface area contributed by atoms with Gasteiger partial charge in [-0.1, -0.05) is 25.7 Å². The van der Waals surface area contributed by atoms with E-state index in [4.69, 9.17) is 9.84 Å². The summed E-state index contributed by atoms with van der Waals surface area (Å²) in [5.41, 5.74) is -1.37. The molecule has 5 nitrogen and oxygen atoms in total. The van der Waals surface area contributed by atoms with Gasteiger partial charge in [-0.3, -0.25) is 0 Å². The van der Waals surface area contributed by atoms with E-state index in [1.54, 1.807) is 0 Å². The minimum Gasteiger partial charge on any atom is -0.394 e. The van der Waals surface area contributed by atoms with Crippen LogP contribution in [0.15, 0.2) is 0 Å². The van der Waals surface area contributed by atoms with Crippen molar-refractivity contribution in [1.29, 1.82) is 0 Å². The first-order chi connectivity index (χ1) is 8.09. The van der Waals surface area contributed by atoms with E-state index in [1.165, 1.54) is 0 Å². The first kappa shape index (κ1) is 13.2. The molecule has 1 saturated heterocycles. The Balaban J connectivity index is 2.18. The fourth-order valence-electron chi connectivity index (χ4n) is 2.97. The average molecular weight is 246 g/mol. The summed E-state index contributed by atoms with van der Waals surface area (Å²) in [7, 11) is 0. The zero-order valence-electron chi connectivity index (χ0n) is 9.96. The maximum Gasteiger partial charge on any atom is 0.119 e. The third kappa shape index (κ3) is 2.35. The van der Waals surface area contributed by atoms with Crippen molar-refractivity contribution in [2.75, 3.05) is 6.61 Å². The summed E-state index contributed by atoms with van der Waals surface area (Å²) in [5.74, 6) is 0. The molecule has 0 aromatic heterocycles. The lowest BCUT2D eigenvalue weighted by Gasteiger charge is -2.49. The third-order valence-electron chi connectivity index (χ3n) is 4.09. The predicted octanol–water partition coefficient (Wildman–Crippen LogP) is -0.447. The fraction of sp³-hybridized carbons (Fsp3) is 1.00. The van der Waals surface area contributed by atoms with Gasteiger partial charge in [0.1, 0.15) is 23.9 Å². The van der Waals surface area contributed by atoms with Crippen LogP contribution in [0.5, 0.6) is 0 Å². The Morgan fingerprint density at radius 1 is 1.12 bits per heavy atom. The standard InChI is InChI=1S/C12H22O5/c13-7-8-10(14)11(15)12(16)6-4-2-1-3-5-9(12)17-8/h8-11,13-16H,1-7H2/t8-,9?,10-,11+,12+/m1/s1. The van der Waals surface area contributed by atoms with E-state index in [2.05, 4.69) is 0 Å². The maximum atomic E-state index is 10.5. The van der Waals surface area contributed by atoms with E-state index < -0.39 is 30.0 Å². The largest absolute Gasteiger partial charge is 0.394 e. The SMILES string of the molecule is OC[C@H]1OC2CCCCCC[C@@]2(O)[C@@H](O)[C@@H]1O. The Labute approximate surface area is 101 Å². The van der Waals surface area contributed by atoms with E-state index in [0.29, 0.717) is 12.8 Å². The molecule has 2 aliphatic rings. The van der Waals surface area contributed by atoms with Crippen molar-refractivity contribution in [1.82, 2.24) is 0 Å².